The van der Waals surface area contributed by atoms with Crippen LogP contribution in [-0.4, -0.2) is 19.0 Å². The number of hydrogen-bond acceptors (Lipinski definition) is 3. The number of ketones is 1. The van der Waals surface area contributed by atoms with E-state index in [-0.39, 0.29) is 11.9 Å². The van der Waals surface area contributed by atoms with E-state index in [0.29, 0.717) is 12.8 Å². The Bertz CT molecular complexity index is 254. The van der Waals surface area contributed by atoms with Gasteiger partial charge >= 0.3 is 0 Å². The van der Waals surface area contributed by atoms with Crippen molar-refractivity contribution < 1.29 is 9.53 Å². The van der Waals surface area contributed by atoms with Gasteiger partial charge in [-0.15, -0.1) is 11.3 Å². The van der Waals surface area contributed by atoms with E-state index >= 15 is 0 Å². The van der Waals surface area contributed by atoms with Gasteiger partial charge in [-0.25, -0.2) is 0 Å². The summed E-state index contributed by atoms with van der Waals surface area (Å²) in [4.78, 5) is 12.5. The Labute approximate surface area is 82.5 Å². The lowest BCUT2D eigenvalue weighted by atomic mass is 10.1. The van der Waals surface area contributed by atoms with Gasteiger partial charge in [0.2, 0.25) is 0 Å². The highest BCUT2D eigenvalue weighted by atomic mass is 32.1. The number of carbonyl (C=O) groups is 1. The summed E-state index contributed by atoms with van der Waals surface area (Å²) in [6.07, 6.45) is 1.09. The molecule has 0 saturated carbocycles. The fraction of sp³-hybridized carbons (Fsp3) is 0.500. The van der Waals surface area contributed by atoms with E-state index in [1.54, 1.807) is 18.4 Å². The van der Waals surface area contributed by atoms with E-state index in [1.807, 2.05) is 24.4 Å². The van der Waals surface area contributed by atoms with Gasteiger partial charge in [0.1, 0.15) is 5.78 Å². The van der Waals surface area contributed by atoms with Crippen LogP contribution in [0.4, 0.5) is 0 Å². The van der Waals surface area contributed by atoms with Crippen LogP contribution < -0.4 is 0 Å². The molecule has 0 amide bonds. The number of ether oxygens (including phenoxy) is 1. The Balaban J connectivity index is 2.34. The molecule has 0 radical (unpaired) electrons. The highest BCUT2D eigenvalue weighted by Gasteiger charge is 2.09. The molecule has 3 heteroatoms. The second-order valence-electron chi connectivity index (χ2n) is 3.05. The minimum Gasteiger partial charge on any atom is -0.381 e. The topological polar surface area (TPSA) is 26.3 Å². The lowest BCUT2D eigenvalue weighted by Gasteiger charge is -2.06. The van der Waals surface area contributed by atoms with E-state index in [1.165, 1.54) is 0 Å². The zero-order chi connectivity index (χ0) is 9.68. The first kappa shape index (κ1) is 10.4. The fourth-order valence-electron chi connectivity index (χ4n) is 1.08. The Morgan fingerprint density at radius 1 is 1.69 bits per heavy atom. The molecule has 0 aliphatic carbocycles. The quantitative estimate of drug-likeness (QED) is 0.725. The maximum absolute atomic E-state index is 11.4. The lowest BCUT2D eigenvalue weighted by Crippen LogP contribution is -2.13. The van der Waals surface area contributed by atoms with Crippen LogP contribution in [0.5, 0.6) is 0 Å². The monoisotopic (exact) mass is 198 g/mol. The molecule has 0 aliphatic rings. The second-order valence-corrected chi connectivity index (χ2v) is 4.08. The van der Waals surface area contributed by atoms with Crippen molar-refractivity contribution in [3.63, 3.8) is 0 Å². The van der Waals surface area contributed by atoms with E-state index < -0.39 is 0 Å². The summed E-state index contributed by atoms with van der Waals surface area (Å²) >= 11 is 1.62. The predicted octanol–water partition coefficient (Wildman–Crippen LogP) is 2.28. The van der Waals surface area contributed by atoms with Gasteiger partial charge < -0.3 is 4.74 Å². The van der Waals surface area contributed by atoms with Gasteiger partial charge in [0.25, 0.3) is 0 Å². The Hall–Kier alpha value is -0.670. The third-order valence-corrected chi connectivity index (χ3v) is 2.75. The summed E-state index contributed by atoms with van der Waals surface area (Å²) < 4.78 is 5.02. The number of rotatable bonds is 5. The van der Waals surface area contributed by atoms with Gasteiger partial charge in [-0.05, 0) is 18.4 Å². The highest BCUT2D eigenvalue weighted by Crippen LogP contribution is 2.11. The molecule has 13 heavy (non-hydrogen) atoms. The third-order valence-electron chi connectivity index (χ3n) is 1.87. The van der Waals surface area contributed by atoms with E-state index in [0.717, 1.165) is 4.88 Å². The van der Waals surface area contributed by atoms with Crippen molar-refractivity contribution in [1.29, 1.82) is 0 Å². The molecule has 0 bridgehead atoms. The molecule has 1 heterocycles. The van der Waals surface area contributed by atoms with Crippen molar-refractivity contribution in [3.05, 3.63) is 22.4 Å². The molecule has 0 saturated heterocycles. The summed E-state index contributed by atoms with van der Waals surface area (Å²) in [5.41, 5.74) is 0. The maximum Gasteiger partial charge on any atom is 0.140 e. The van der Waals surface area contributed by atoms with Crippen LogP contribution in [-0.2, 0) is 16.0 Å². The maximum atomic E-state index is 11.4. The Morgan fingerprint density at radius 3 is 3.00 bits per heavy atom. The first-order valence-electron chi connectivity index (χ1n) is 4.29. The minimum absolute atomic E-state index is 0.0347. The van der Waals surface area contributed by atoms with Gasteiger partial charge in [-0.2, -0.15) is 0 Å². The van der Waals surface area contributed by atoms with Gasteiger partial charge in [0, 0.05) is 24.8 Å². The van der Waals surface area contributed by atoms with Crippen molar-refractivity contribution in [2.45, 2.75) is 25.9 Å². The van der Waals surface area contributed by atoms with Crippen LogP contribution >= 0.6 is 11.3 Å². The van der Waals surface area contributed by atoms with Crippen molar-refractivity contribution in [1.82, 2.24) is 0 Å². The molecule has 1 aromatic heterocycles. The normalized spacial score (nSPS) is 12.8. The van der Waals surface area contributed by atoms with Crippen molar-refractivity contribution >= 4 is 17.1 Å². The van der Waals surface area contributed by atoms with Gasteiger partial charge in [0.15, 0.2) is 0 Å². The summed E-state index contributed by atoms with van der Waals surface area (Å²) in [5.74, 6) is 0.247. The van der Waals surface area contributed by atoms with Crippen molar-refractivity contribution in [3.8, 4) is 0 Å². The van der Waals surface area contributed by atoms with E-state index in [4.69, 9.17) is 4.74 Å². The zero-order valence-electron chi connectivity index (χ0n) is 7.95. The molecule has 0 N–H and O–H groups in total. The van der Waals surface area contributed by atoms with Crippen molar-refractivity contribution in [2.24, 2.45) is 0 Å². The van der Waals surface area contributed by atoms with Crippen LogP contribution in [0.2, 0.25) is 0 Å². The molecular formula is C10H14O2S. The average Bonchev–Trinajstić information content (AvgIpc) is 2.56. The molecule has 1 rings (SSSR count). The number of carbonyl (C=O) groups excluding carboxylic acids is 1. The molecule has 1 unspecified atom stereocenters. The number of hydrogen-bond donors (Lipinski definition) is 0. The fourth-order valence-corrected chi connectivity index (χ4v) is 1.82. The summed E-state index contributed by atoms with van der Waals surface area (Å²) in [6.45, 7) is 1.91. The predicted molar refractivity (Wildman–Crippen MR) is 54.1 cm³/mol. The zero-order valence-corrected chi connectivity index (χ0v) is 8.76. The molecule has 0 aromatic carbocycles. The first-order chi connectivity index (χ1) is 6.22. The Kier molecular flexibility index (Phi) is 4.12. The van der Waals surface area contributed by atoms with Crippen LogP contribution in [0.1, 0.15) is 18.2 Å². The van der Waals surface area contributed by atoms with Crippen LogP contribution in [0.25, 0.3) is 0 Å². The number of Topliss-reactive ketones (excluding diaryl/α,β-unsaturated/α-hetero) is 1. The smallest absolute Gasteiger partial charge is 0.140 e. The molecule has 1 atom stereocenters. The molecule has 0 fully saturated rings. The largest absolute Gasteiger partial charge is 0.381 e. The minimum atomic E-state index is 0.0347. The van der Waals surface area contributed by atoms with Gasteiger partial charge in [-0.3, -0.25) is 4.79 Å². The molecule has 0 spiro atoms. The van der Waals surface area contributed by atoms with E-state index in [2.05, 4.69) is 0 Å². The average molecular weight is 198 g/mol. The molecule has 1 aromatic rings. The summed E-state index contributed by atoms with van der Waals surface area (Å²) in [5, 5.41) is 1.99. The standard InChI is InChI=1S/C10H14O2S/c1-8(12-2)6-9(11)7-10-4-3-5-13-10/h3-5,8H,6-7H2,1-2H3. The molecule has 2 nitrogen and oxygen atoms in total. The van der Waals surface area contributed by atoms with E-state index in [9.17, 15) is 4.79 Å². The third kappa shape index (κ3) is 3.70. The summed E-state index contributed by atoms with van der Waals surface area (Å²) in [6, 6.07) is 3.95. The van der Waals surface area contributed by atoms with Crippen LogP contribution in [0, 0.1) is 0 Å². The lowest BCUT2D eigenvalue weighted by molar-refractivity contribution is -0.120. The highest BCUT2D eigenvalue weighted by molar-refractivity contribution is 7.10. The van der Waals surface area contributed by atoms with Crippen molar-refractivity contribution in [2.75, 3.05) is 7.11 Å². The molecular weight excluding hydrogens is 184 g/mol. The van der Waals surface area contributed by atoms with Crippen LogP contribution in [0.3, 0.4) is 0 Å². The number of methoxy groups -OCH3 is 1. The first-order valence-corrected chi connectivity index (χ1v) is 5.17. The van der Waals surface area contributed by atoms with Gasteiger partial charge in [0.05, 0.1) is 6.10 Å². The molecule has 0 aliphatic heterocycles. The Morgan fingerprint density at radius 2 is 2.46 bits per heavy atom. The molecule has 72 valence electrons. The second kappa shape index (κ2) is 5.14. The SMILES string of the molecule is COC(C)CC(=O)Cc1cccs1. The summed E-state index contributed by atoms with van der Waals surface area (Å²) in [7, 11) is 1.63. The van der Waals surface area contributed by atoms with Crippen LogP contribution in [0.15, 0.2) is 17.5 Å². The van der Waals surface area contributed by atoms with Gasteiger partial charge in [-0.1, -0.05) is 6.07 Å². The number of thiophene rings is 1.